The van der Waals surface area contributed by atoms with E-state index in [2.05, 4.69) is 5.32 Å². The predicted molar refractivity (Wildman–Crippen MR) is 80.2 cm³/mol. The molecule has 1 aliphatic heterocycles. The molecule has 21 heavy (non-hydrogen) atoms. The molecule has 0 radical (unpaired) electrons. The number of fused-ring (bicyclic) bond motifs is 1. The van der Waals surface area contributed by atoms with E-state index >= 15 is 0 Å². The van der Waals surface area contributed by atoms with Gasteiger partial charge in [0.15, 0.2) is 12.4 Å². The van der Waals surface area contributed by atoms with Crippen molar-refractivity contribution < 1.29 is 14.3 Å². The monoisotopic (exact) mass is 301 g/mol. The van der Waals surface area contributed by atoms with Gasteiger partial charge in [0.1, 0.15) is 5.75 Å². The van der Waals surface area contributed by atoms with E-state index in [9.17, 15) is 9.59 Å². The number of ketones is 1. The van der Waals surface area contributed by atoms with Gasteiger partial charge >= 0.3 is 0 Å². The lowest BCUT2D eigenvalue weighted by Crippen LogP contribution is -2.25. The van der Waals surface area contributed by atoms with Gasteiger partial charge in [0.05, 0.1) is 10.7 Å². The number of hydrogen-bond acceptors (Lipinski definition) is 3. The van der Waals surface area contributed by atoms with Crippen LogP contribution in [0, 0.1) is 6.92 Å². The summed E-state index contributed by atoms with van der Waals surface area (Å²) in [6.45, 7) is 1.84. The maximum Gasteiger partial charge on any atom is 0.262 e. The Bertz CT molecular complexity index is 755. The Labute approximate surface area is 126 Å². The van der Waals surface area contributed by atoms with Crippen LogP contribution in [-0.4, -0.2) is 18.3 Å². The van der Waals surface area contributed by atoms with Crippen LogP contribution >= 0.6 is 11.6 Å². The lowest BCUT2D eigenvalue weighted by Gasteiger charge is -2.18. The van der Waals surface area contributed by atoms with Gasteiger partial charge in [0, 0.05) is 11.1 Å². The highest BCUT2D eigenvalue weighted by Crippen LogP contribution is 2.30. The van der Waals surface area contributed by atoms with Gasteiger partial charge in [-0.3, -0.25) is 9.59 Å². The summed E-state index contributed by atoms with van der Waals surface area (Å²) in [5, 5.41) is 3.13. The second-order valence-electron chi connectivity index (χ2n) is 4.81. The fourth-order valence-electron chi connectivity index (χ4n) is 2.20. The van der Waals surface area contributed by atoms with E-state index in [0.717, 1.165) is 5.56 Å². The van der Waals surface area contributed by atoms with Crippen LogP contribution in [0.3, 0.4) is 0 Å². The first kappa shape index (κ1) is 13.6. The molecule has 2 aromatic carbocycles. The molecule has 0 bridgehead atoms. The second-order valence-corrected chi connectivity index (χ2v) is 5.19. The van der Waals surface area contributed by atoms with Crippen molar-refractivity contribution in [1.29, 1.82) is 0 Å². The van der Waals surface area contributed by atoms with Crippen molar-refractivity contribution in [3.8, 4) is 5.75 Å². The molecule has 5 heteroatoms. The Morgan fingerprint density at radius 3 is 2.90 bits per heavy atom. The summed E-state index contributed by atoms with van der Waals surface area (Å²) in [6, 6.07) is 10.3. The topological polar surface area (TPSA) is 55.4 Å². The predicted octanol–water partition coefficient (Wildman–Crippen LogP) is 3.21. The standard InChI is InChI=1S/C16H12ClNO3/c1-9-3-2-4-11(15(9)17)16(20)10-5-6-13-12(7-10)18-14(19)8-21-13/h2-7H,8H2,1H3,(H,18,19). The van der Waals surface area contributed by atoms with Crippen LogP contribution in [0.4, 0.5) is 5.69 Å². The highest BCUT2D eigenvalue weighted by molar-refractivity contribution is 6.35. The minimum absolute atomic E-state index is 0.00992. The lowest BCUT2D eigenvalue weighted by atomic mass is 10.0. The summed E-state index contributed by atoms with van der Waals surface area (Å²) < 4.78 is 5.27. The molecule has 0 saturated carbocycles. The van der Waals surface area contributed by atoms with Gasteiger partial charge in [-0.05, 0) is 36.8 Å². The van der Waals surface area contributed by atoms with Crippen LogP contribution in [-0.2, 0) is 4.79 Å². The number of ether oxygens (including phenoxy) is 1. The van der Waals surface area contributed by atoms with Crippen LogP contribution < -0.4 is 10.1 Å². The number of rotatable bonds is 2. The van der Waals surface area contributed by atoms with Gasteiger partial charge in [-0.25, -0.2) is 0 Å². The molecule has 3 rings (SSSR count). The molecular weight excluding hydrogens is 290 g/mol. The maximum atomic E-state index is 12.5. The summed E-state index contributed by atoms with van der Waals surface area (Å²) in [7, 11) is 0. The number of hydrogen-bond donors (Lipinski definition) is 1. The first-order chi connectivity index (χ1) is 10.1. The number of halogens is 1. The van der Waals surface area contributed by atoms with E-state index in [1.54, 1.807) is 30.3 Å². The Morgan fingerprint density at radius 2 is 2.10 bits per heavy atom. The summed E-state index contributed by atoms with van der Waals surface area (Å²) in [6.07, 6.45) is 0. The molecule has 1 N–H and O–H groups in total. The lowest BCUT2D eigenvalue weighted by molar-refractivity contribution is -0.118. The van der Waals surface area contributed by atoms with Crippen molar-refractivity contribution in [3.05, 3.63) is 58.1 Å². The molecule has 1 heterocycles. The van der Waals surface area contributed by atoms with Crippen molar-refractivity contribution >= 4 is 29.0 Å². The van der Waals surface area contributed by atoms with Crippen LogP contribution in [0.25, 0.3) is 0 Å². The number of carbonyl (C=O) groups is 2. The van der Waals surface area contributed by atoms with E-state index in [-0.39, 0.29) is 18.3 Å². The average molecular weight is 302 g/mol. The normalized spacial score (nSPS) is 13.1. The Kier molecular flexibility index (Phi) is 3.39. The van der Waals surface area contributed by atoms with E-state index in [4.69, 9.17) is 16.3 Å². The van der Waals surface area contributed by atoms with Crippen molar-refractivity contribution in [1.82, 2.24) is 0 Å². The van der Waals surface area contributed by atoms with Crippen molar-refractivity contribution in [2.45, 2.75) is 6.92 Å². The smallest absolute Gasteiger partial charge is 0.262 e. The van der Waals surface area contributed by atoms with Gasteiger partial charge in [-0.2, -0.15) is 0 Å². The second kappa shape index (κ2) is 5.22. The Balaban J connectivity index is 2.01. The van der Waals surface area contributed by atoms with Gasteiger partial charge in [0.25, 0.3) is 5.91 Å². The molecule has 0 spiro atoms. The molecule has 4 nitrogen and oxygen atoms in total. The van der Waals surface area contributed by atoms with Crippen molar-refractivity contribution in [2.24, 2.45) is 0 Å². The van der Waals surface area contributed by atoms with Crippen molar-refractivity contribution in [3.63, 3.8) is 0 Å². The van der Waals surface area contributed by atoms with E-state index in [0.29, 0.717) is 27.6 Å². The number of nitrogens with one attached hydrogen (secondary N) is 1. The molecule has 1 amide bonds. The molecule has 0 aliphatic carbocycles. The fourth-order valence-corrected chi connectivity index (χ4v) is 2.41. The quantitative estimate of drug-likeness (QED) is 0.867. The molecule has 0 saturated heterocycles. The zero-order valence-corrected chi connectivity index (χ0v) is 12.0. The van der Waals surface area contributed by atoms with E-state index in [1.165, 1.54) is 0 Å². The van der Waals surface area contributed by atoms with Gasteiger partial charge < -0.3 is 10.1 Å². The minimum atomic E-state index is -0.235. The Morgan fingerprint density at radius 1 is 1.29 bits per heavy atom. The van der Waals surface area contributed by atoms with Gasteiger partial charge in [-0.1, -0.05) is 23.7 Å². The molecule has 0 aromatic heterocycles. The molecule has 0 fully saturated rings. The maximum absolute atomic E-state index is 12.5. The third kappa shape index (κ3) is 2.50. The number of aryl methyl sites for hydroxylation is 1. The van der Waals surface area contributed by atoms with E-state index < -0.39 is 0 Å². The largest absolute Gasteiger partial charge is 0.482 e. The van der Waals surface area contributed by atoms with Crippen LogP contribution in [0.2, 0.25) is 5.02 Å². The average Bonchev–Trinajstić information content (AvgIpc) is 2.48. The summed E-state index contributed by atoms with van der Waals surface area (Å²) in [5.74, 6) is 0.133. The zero-order valence-electron chi connectivity index (χ0n) is 11.3. The summed E-state index contributed by atoms with van der Waals surface area (Å²) in [5.41, 5.74) is 2.24. The number of carbonyl (C=O) groups excluding carboxylic acids is 2. The first-order valence-corrected chi connectivity index (χ1v) is 6.80. The zero-order chi connectivity index (χ0) is 15.0. The highest BCUT2D eigenvalue weighted by atomic mass is 35.5. The SMILES string of the molecule is Cc1cccc(C(=O)c2ccc3c(c2)NC(=O)CO3)c1Cl. The molecule has 2 aromatic rings. The molecule has 0 atom stereocenters. The van der Waals surface area contributed by atoms with Crippen molar-refractivity contribution in [2.75, 3.05) is 11.9 Å². The fraction of sp³-hybridized carbons (Fsp3) is 0.125. The van der Waals surface area contributed by atoms with Crippen LogP contribution in [0.15, 0.2) is 36.4 Å². The molecular formula is C16H12ClNO3. The number of benzene rings is 2. The summed E-state index contributed by atoms with van der Waals surface area (Å²) in [4.78, 5) is 23.9. The minimum Gasteiger partial charge on any atom is -0.482 e. The molecule has 1 aliphatic rings. The molecule has 0 unspecified atom stereocenters. The van der Waals surface area contributed by atoms with Gasteiger partial charge in [0.2, 0.25) is 0 Å². The molecule has 106 valence electrons. The van der Waals surface area contributed by atoms with Crippen LogP contribution in [0.5, 0.6) is 5.75 Å². The summed E-state index contributed by atoms with van der Waals surface area (Å²) >= 11 is 6.19. The third-order valence-corrected chi connectivity index (χ3v) is 3.81. The van der Waals surface area contributed by atoms with E-state index in [1.807, 2.05) is 13.0 Å². The number of amides is 1. The Hall–Kier alpha value is -2.33. The highest BCUT2D eigenvalue weighted by Gasteiger charge is 2.19. The van der Waals surface area contributed by atoms with Crippen LogP contribution in [0.1, 0.15) is 21.5 Å². The first-order valence-electron chi connectivity index (χ1n) is 6.43. The van der Waals surface area contributed by atoms with Gasteiger partial charge in [-0.15, -0.1) is 0 Å². The third-order valence-electron chi connectivity index (χ3n) is 3.31. The number of anilines is 1.